The van der Waals surface area contributed by atoms with Gasteiger partial charge in [-0.2, -0.15) is 0 Å². The SMILES string of the molecule is O=C(Nc1cc(Cl)ccc1NS(=O)(=O)c1ccccc1F)c1c[nH]c2ccc([N+](=O)[O-])cc12. The first-order valence-corrected chi connectivity index (χ1v) is 11.2. The summed E-state index contributed by atoms with van der Waals surface area (Å²) < 4.78 is 41.6. The second-order valence-electron chi connectivity index (χ2n) is 6.87. The van der Waals surface area contributed by atoms with Gasteiger partial charge in [-0.05, 0) is 36.4 Å². The fourth-order valence-corrected chi connectivity index (χ4v) is 4.50. The Morgan fingerprint density at radius 1 is 1.06 bits per heavy atom. The topological polar surface area (TPSA) is 134 Å². The number of anilines is 2. The highest BCUT2D eigenvalue weighted by Gasteiger charge is 2.22. The van der Waals surface area contributed by atoms with Gasteiger partial charge in [0.2, 0.25) is 0 Å². The Labute approximate surface area is 191 Å². The molecule has 12 heteroatoms. The molecule has 168 valence electrons. The highest BCUT2D eigenvalue weighted by molar-refractivity contribution is 7.92. The number of carbonyl (C=O) groups is 1. The van der Waals surface area contributed by atoms with Gasteiger partial charge in [-0.15, -0.1) is 0 Å². The number of amides is 1. The van der Waals surface area contributed by atoms with Gasteiger partial charge in [0.25, 0.3) is 21.6 Å². The maximum absolute atomic E-state index is 14.0. The van der Waals surface area contributed by atoms with E-state index in [1.807, 2.05) is 0 Å². The van der Waals surface area contributed by atoms with Gasteiger partial charge in [-0.3, -0.25) is 19.6 Å². The summed E-state index contributed by atoms with van der Waals surface area (Å²) in [6.45, 7) is 0. The minimum Gasteiger partial charge on any atom is -0.360 e. The summed E-state index contributed by atoms with van der Waals surface area (Å²) in [5.74, 6) is -1.61. The molecule has 1 aromatic heterocycles. The van der Waals surface area contributed by atoms with Crippen LogP contribution in [0.2, 0.25) is 5.02 Å². The molecule has 33 heavy (non-hydrogen) atoms. The number of nitrogens with zero attached hydrogens (tertiary/aromatic N) is 1. The van der Waals surface area contributed by atoms with E-state index in [-0.39, 0.29) is 27.6 Å². The van der Waals surface area contributed by atoms with Gasteiger partial charge >= 0.3 is 0 Å². The first-order chi connectivity index (χ1) is 15.7. The molecule has 3 aromatic carbocycles. The van der Waals surface area contributed by atoms with E-state index in [1.54, 1.807) is 0 Å². The van der Waals surface area contributed by atoms with Crippen molar-refractivity contribution in [1.82, 2.24) is 4.98 Å². The normalized spacial score (nSPS) is 11.3. The van der Waals surface area contributed by atoms with Crippen molar-refractivity contribution in [3.63, 3.8) is 0 Å². The highest BCUT2D eigenvalue weighted by Crippen LogP contribution is 2.30. The molecule has 1 amide bonds. The summed E-state index contributed by atoms with van der Waals surface area (Å²) in [6, 6.07) is 12.9. The number of non-ortho nitro benzene ring substituents is 1. The van der Waals surface area contributed by atoms with E-state index >= 15 is 0 Å². The van der Waals surface area contributed by atoms with E-state index in [4.69, 9.17) is 11.6 Å². The van der Waals surface area contributed by atoms with Crippen LogP contribution in [-0.4, -0.2) is 24.2 Å². The molecule has 0 radical (unpaired) electrons. The number of nitro benzene ring substituents is 1. The Morgan fingerprint density at radius 3 is 2.55 bits per heavy atom. The zero-order valence-electron chi connectivity index (χ0n) is 16.5. The molecule has 0 atom stereocenters. The summed E-state index contributed by atoms with van der Waals surface area (Å²) in [5.41, 5.74) is 0.347. The Balaban J connectivity index is 1.68. The second kappa shape index (κ2) is 8.52. The van der Waals surface area contributed by atoms with Crippen LogP contribution >= 0.6 is 11.6 Å². The highest BCUT2D eigenvalue weighted by atomic mass is 35.5. The average Bonchev–Trinajstić information content (AvgIpc) is 3.19. The number of aromatic nitrogens is 1. The average molecular weight is 489 g/mol. The predicted octanol–water partition coefficient (Wildman–Crippen LogP) is 4.92. The van der Waals surface area contributed by atoms with E-state index in [0.717, 1.165) is 12.1 Å². The fraction of sp³-hybridized carbons (Fsp3) is 0. The quantitative estimate of drug-likeness (QED) is 0.261. The first kappa shape index (κ1) is 22.2. The van der Waals surface area contributed by atoms with Crippen LogP contribution in [0.1, 0.15) is 10.4 Å². The Kier molecular flexibility index (Phi) is 5.75. The molecular weight excluding hydrogens is 475 g/mol. The van der Waals surface area contributed by atoms with Gasteiger partial charge < -0.3 is 10.3 Å². The Hall–Kier alpha value is -3.96. The van der Waals surface area contributed by atoms with Crippen molar-refractivity contribution in [1.29, 1.82) is 0 Å². The van der Waals surface area contributed by atoms with E-state index in [1.165, 1.54) is 54.7 Å². The third kappa shape index (κ3) is 4.49. The van der Waals surface area contributed by atoms with E-state index in [0.29, 0.717) is 10.9 Å². The van der Waals surface area contributed by atoms with Crippen LogP contribution in [-0.2, 0) is 10.0 Å². The third-order valence-corrected chi connectivity index (χ3v) is 6.35. The van der Waals surface area contributed by atoms with Crippen LogP contribution in [0.15, 0.2) is 71.8 Å². The number of halogens is 2. The Morgan fingerprint density at radius 2 is 1.82 bits per heavy atom. The molecule has 0 unspecified atom stereocenters. The lowest BCUT2D eigenvalue weighted by molar-refractivity contribution is -0.384. The molecule has 9 nitrogen and oxygen atoms in total. The maximum Gasteiger partial charge on any atom is 0.270 e. The first-order valence-electron chi connectivity index (χ1n) is 9.29. The summed E-state index contributed by atoms with van der Waals surface area (Å²) >= 11 is 6.02. The second-order valence-corrected chi connectivity index (χ2v) is 8.96. The van der Waals surface area contributed by atoms with Crippen molar-refractivity contribution in [2.24, 2.45) is 0 Å². The predicted molar refractivity (Wildman–Crippen MR) is 122 cm³/mol. The molecular formula is C21H14ClFN4O5S. The van der Waals surface area contributed by atoms with Crippen LogP contribution in [0.4, 0.5) is 21.5 Å². The molecule has 4 aromatic rings. The minimum absolute atomic E-state index is 0.00666. The molecule has 0 aliphatic rings. The summed E-state index contributed by atoms with van der Waals surface area (Å²) in [6.07, 6.45) is 1.37. The summed E-state index contributed by atoms with van der Waals surface area (Å²) in [4.78, 5) is 25.7. The van der Waals surface area contributed by atoms with Crippen molar-refractivity contribution < 1.29 is 22.5 Å². The smallest absolute Gasteiger partial charge is 0.270 e. The lowest BCUT2D eigenvalue weighted by Crippen LogP contribution is -2.18. The van der Waals surface area contributed by atoms with Crippen molar-refractivity contribution in [3.8, 4) is 0 Å². The van der Waals surface area contributed by atoms with Crippen LogP contribution in [0.5, 0.6) is 0 Å². The van der Waals surface area contributed by atoms with Gasteiger partial charge in [0.1, 0.15) is 10.7 Å². The molecule has 3 N–H and O–H groups in total. The number of carbonyl (C=O) groups excluding carboxylic acids is 1. The summed E-state index contributed by atoms with van der Waals surface area (Å²) in [7, 11) is -4.32. The van der Waals surface area contributed by atoms with Gasteiger partial charge in [0, 0.05) is 34.3 Å². The van der Waals surface area contributed by atoms with Gasteiger partial charge in [-0.1, -0.05) is 23.7 Å². The van der Waals surface area contributed by atoms with E-state index in [9.17, 15) is 27.7 Å². The molecule has 0 bridgehead atoms. The molecule has 0 aliphatic carbocycles. The number of hydrogen-bond acceptors (Lipinski definition) is 5. The third-order valence-electron chi connectivity index (χ3n) is 4.72. The van der Waals surface area contributed by atoms with Crippen molar-refractivity contribution in [2.45, 2.75) is 4.90 Å². The van der Waals surface area contributed by atoms with E-state index < -0.39 is 31.6 Å². The number of fused-ring (bicyclic) bond motifs is 1. The molecule has 0 saturated carbocycles. The van der Waals surface area contributed by atoms with Gasteiger partial charge in [-0.25, -0.2) is 12.8 Å². The monoisotopic (exact) mass is 488 g/mol. The Bertz CT molecular complexity index is 1520. The largest absolute Gasteiger partial charge is 0.360 e. The number of hydrogen-bond donors (Lipinski definition) is 3. The molecule has 4 rings (SSSR count). The fourth-order valence-electron chi connectivity index (χ4n) is 3.17. The van der Waals surface area contributed by atoms with Crippen molar-refractivity contribution >= 4 is 55.5 Å². The molecule has 0 fully saturated rings. The number of nitrogens with one attached hydrogen (secondary N) is 3. The van der Waals surface area contributed by atoms with Crippen LogP contribution in [0.3, 0.4) is 0 Å². The molecule has 0 spiro atoms. The number of benzene rings is 3. The zero-order valence-corrected chi connectivity index (χ0v) is 18.1. The number of H-pyrrole nitrogens is 1. The van der Waals surface area contributed by atoms with Gasteiger partial charge in [0.05, 0.1) is 21.9 Å². The minimum atomic E-state index is -4.32. The summed E-state index contributed by atoms with van der Waals surface area (Å²) in [5, 5.41) is 14.1. The molecule has 0 saturated heterocycles. The number of rotatable bonds is 6. The van der Waals surface area contributed by atoms with Crippen LogP contribution in [0, 0.1) is 15.9 Å². The molecule has 0 aliphatic heterocycles. The maximum atomic E-state index is 14.0. The lowest BCUT2D eigenvalue weighted by atomic mass is 10.1. The van der Waals surface area contributed by atoms with Crippen molar-refractivity contribution in [2.75, 3.05) is 10.0 Å². The van der Waals surface area contributed by atoms with Crippen molar-refractivity contribution in [3.05, 3.63) is 93.4 Å². The molecule has 1 heterocycles. The van der Waals surface area contributed by atoms with Crippen LogP contribution in [0.25, 0.3) is 10.9 Å². The standard InChI is InChI=1S/C21H14ClFN4O5S/c22-12-5-7-18(26-33(31,32)20-4-2-1-3-16(20)23)19(9-12)25-21(28)15-11-24-17-8-6-13(27(29)30)10-14(15)17/h1-11,24,26H,(H,25,28). The number of nitro groups is 1. The van der Waals surface area contributed by atoms with Gasteiger partial charge in [0.15, 0.2) is 0 Å². The number of aromatic amines is 1. The van der Waals surface area contributed by atoms with Crippen LogP contribution < -0.4 is 10.0 Å². The zero-order chi connectivity index (χ0) is 23.8. The lowest BCUT2D eigenvalue weighted by Gasteiger charge is -2.14. The van der Waals surface area contributed by atoms with E-state index in [2.05, 4.69) is 15.0 Å². The number of sulfonamides is 1.